The lowest BCUT2D eigenvalue weighted by Gasteiger charge is -2.08. The topological polar surface area (TPSA) is 46.5 Å². The molecule has 4 rings (SSSR count). The van der Waals surface area contributed by atoms with Crippen molar-refractivity contribution in [3.8, 4) is 11.5 Å². The van der Waals surface area contributed by atoms with Gasteiger partial charge in [-0.3, -0.25) is 4.79 Å². The van der Waals surface area contributed by atoms with Crippen molar-refractivity contribution in [3.05, 3.63) is 98.8 Å². The van der Waals surface area contributed by atoms with E-state index in [4.69, 9.17) is 27.9 Å². The Bertz CT molecular complexity index is 1230. The number of allylic oxidation sites excluding steroid dienone is 2. The van der Waals surface area contributed by atoms with Crippen LogP contribution in [-0.4, -0.2) is 11.1 Å². The van der Waals surface area contributed by atoms with Gasteiger partial charge in [0.05, 0.1) is 16.5 Å². The molecule has 0 heterocycles. The third kappa shape index (κ3) is 4.50. The van der Waals surface area contributed by atoms with Gasteiger partial charge in [-0.2, -0.15) is 0 Å². The molecule has 0 amide bonds. The minimum Gasteiger partial charge on any atom is -0.481 e. The van der Waals surface area contributed by atoms with E-state index in [1.54, 1.807) is 24.3 Å². The fourth-order valence-electron chi connectivity index (χ4n) is 3.59. The van der Waals surface area contributed by atoms with Gasteiger partial charge in [0.2, 0.25) is 0 Å². The second-order valence-electron chi connectivity index (χ2n) is 7.17. The quantitative estimate of drug-likeness (QED) is 0.428. The fourth-order valence-corrected chi connectivity index (χ4v) is 3.92. The lowest BCUT2D eigenvalue weighted by atomic mass is 10.0. The molecule has 0 spiro atoms. The standard InChI is InChI=1S/C25H17Cl2FO3/c1-14-19(21-11-23(26)24(27)12-22(21)20(14)13-25(29)30)10-15-2-6-17(7-3-15)31-18-8-4-16(28)5-9-18/h2-12H,13H2,1H3,(H,29,30)/b19-10-. The number of rotatable bonds is 5. The first-order valence-corrected chi connectivity index (χ1v) is 10.2. The number of ether oxygens (including phenoxy) is 1. The molecular weight excluding hydrogens is 438 g/mol. The van der Waals surface area contributed by atoms with E-state index in [-0.39, 0.29) is 12.2 Å². The minimum atomic E-state index is -0.907. The maximum absolute atomic E-state index is 13.0. The second-order valence-corrected chi connectivity index (χ2v) is 7.98. The molecule has 1 N–H and O–H groups in total. The van der Waals surface area contributed by atoms with Crippen LogP contribution in [0.4, 0.5) is 4.39 Å². The molecule has 156 valence electrons. The molecule has 0 unspecified atom stereocenters. The number of hydrogen-bond donors (Lipinski definition) is 1. The normalized spacial score (nSPS) is 14.1. The highest BCUT2D eigenvalue weighted by atomic mass is 35.5. The van der Waals surface area contributed by atoms with Gasteiger partial charge in [0.15, 0.2) is 0 Å². The first-order chi connectivity index (χ1) is 14.8. The average molecular weight is 455 g/mol. The Morgan fingerprint density at radius 3 is 2.10 bits per heavy atom. The number of fused-ring (bicyclic) bond motifs is 1. The van der Waals surface area contributed by atoms with Gasteiger partial charge in [0.1, 0.15) is 17.3 Å². The number of carboxylic acids is 1. The molecule has 3 aromatic rings. The summed E-state index contributed by atoms with van der Waals surface area (Å²) in [5, 5.41) is 10.1. The van der Waals surface area contributed by atoms with Crippen molar-refractivity contribution in [3.63, 3.8) is 0 Å². The SMILES string of the molecule is CC1=C(CC(=O)O)c2cc(Cl)c(Cl)cc2/C1=C\c1ccc(Oc2ccc(F)cc2)cc1. The van der Waals surface area contributed by atoms with Crippen molar-refractivity contribution in [1.82, 2.24) is 0 Å². The van der Waals surface area contributed by atoms with E-state index < -0.39 is 5.97 Å². The van der Waals surface area contributed by atoms with E-state index in [0.29, 0.717) is 21.5 Å². The lowest BCUT2D eigenvalue weighted by Crippen LogP contribution is -1.97. The first kappa shape index (κ1) is 21.2. The highest BCUT2D eigenvalue weighted by Crippen LogP contribution is 2.46. The van der Waals surface area contributed by atoms with Gasteiger partial charge < -0.3 is 9.84 Å². The van der Waals surface area contributed by atoms with E-state index in [2.05, 4.69) is 0 Å². The third-order valence-corrected chi connectivity index (χ3v) is 5.82. The molecule has 0 saturated carbocycles. The van der Waals surface area contributed by atoms with Crippen molar-refractivity contribution < 1.29 is 19.0 Å². The molecule has 0 bridgehead atoms. The van der Waals surface area contributed by atoms with E-state index in [1.165, 1.54) is 12.1 Å². The summed E-state index contributed by atoms with van der Waals surface area (Å²) in [6, 6.07) is 16.7. The van der Waals surface area contributed by atoms with Crippen LogP contribution in [0, 0.1) is 5.82 Å². The maximum Gasteiger partial charge on any atom is 0.307 e. The van der Waals surface area contributed by atoms with Gasteiger partial charge in [-0.05, 0) is 94.9 Å². The van der Waals surface area contributed by atoms with Crippen LogP contribution in [-0.2, 0) is 4.79 Å². The number of aliphatic carboxylic acids is 1. The zero-order valence-corrected chi connectivity index (χ0v) is 18.0. The van der Waals surface area contributed by atoms with Crippen LogP contribution in [0.5, 0.6) is 11.5 Å². The maximum atomic E-state index is 13.0. The Hall–Kier alpha value is -3.08. The Labute approximate surface area is 189 Å². The van der Waals surface area contributed by atoms with Crippen LogP contribution < -0.4 is 4.74 Å². The smallest absolute Gasteiger partial charge is 0.307 e. The highest BCUT2D eigenvalue weighted by Gasteiger charge is 2.26. The molecular formula is C25H17Cl2FO3. The van der Waals surface area contributed by atoms with Crippen LogP contribution >= 0.6 is 23.2 Å². The van der Waals surface area contributed by atoms with Gasteiger partial charge in [0.25, 0.3) is 0 Å². The van der Waals surface area contributed by atoms with Crippen molar-refractivity contribution in [2.45, 2.75) is 13.3 Å². The summed E-state index contributed by atoms with van der Waals surface area (Å²) in [6.07, 6.45) is 1.88. The van der Waals surface area contributed by atoms with Gasteiger partial charge >= 0.3 is 5.97 Å². The van der Waals surface area contributed by atoms with Crippen molar-refractivity contribution >= 4 is 46.4 Å². The molecule has 0 radical (unpaired) electrons. The molecule has 0 saturated heterocycles. The largest absolute Gasteiger partial charge is 0.481 e. The summed E-state index contributed by atoms with van der Waals surface area (Å²) < 4.78 is 18.8. The Kier molecular flexibility index (Phi) is 5.86. The predicted octanol–water partition coefficient (Wildman–Crippen LogP) is 7.73. The number of halogens is 3. The second kappa shape index (κ2) is 8.58. The lowest BCUT2D eigenvalue weighted by molar-refractivity contribution is -0.135. The van der Waals surface area contributed by atoms with Crippen LogP contribution in [0.3, 0.4) is 0 Å². The van der Waals surface area contributed by atoms with Crippen LogP contribution in [0.2, 0.25) is 10.0 Å². The molecule has 0 aliphatic heterocycles. The molecule has 6 heteroatoms. The van der Waals surface area contributed by atoms with E-state index in [1.807, 2.05) is 37.3 Å². The summed E-state index contributed by atoms with van der Waals surface area (Å²) in [4.78, 5) is 11.4. The van der Waals surface area contributed by atoms with Crippen molar-refractivity contribution in [2.24, 2.45) is 0 Å². The van der Waals surface area contributed by atoms with Gasteiger partial charge in [-0.1, -0.05) is 35.3 Å². The minimum absolute atomic E-state index is 0.0986. The molecule has 31 heavy (non-hydrogen) atoms. The van der Waals surface area contributed by atoms with E-state index >= 15 is 0 Å². The summed E-state index contributed by atoms with van der Waals surface area (Å²) >= 11 is 12.4. The number of hydrogen-bond acceptors (Lipinski definition) is 2. The molecule has 1 aliphatic rings. The molecule has 3 aromatic carbocycles. The Morgan fingerprint density at radius 1 is 0.968 bits per heavy atom. The van der Waals surface area contributed by atoms with Gasteiger partial charge in [0, 0.05) is 0 Å². The molecule has 1 aliphatic carbocycles. The summed E-state index contributed by atoms with van der Waals surface area (Å²) in [5.74, 6) is -0.0664. The van der Waals surface area contributed by atoms with Gasteiger partial charge in [-0.25, -0.2) is 4.39 Å². The zero-order chi connectivity index (χ0) is 22.1. The van der Waals surface area contributed by atoms with E-state index in [0.717, 1.165) is 33.4 Å². The molecule has 0 atom stereocenters. The summed E-state index contributed by atoms with van der Waals surface area (Å²) in [5.41, 5.74) is 5.06. The number of benzene rings is 3. The van der Waals surface area contributed by atoms with E-state index in [9.17, 15) is 14.3 Å². The number of carboxylic acid groups (broad SMARTS) is 1. The Morgan fingerprint density at radius 2 is 1.52 bits per heavy atom. The monoisotopic (exact) mass is 454 g/mol. The fraction of sp³-hybridized carbons (Fsp3) is 0.0800. The molecule has 0 fully saturated rings. The summed E-state index contributed by atoms with van der Waals surface area (Å²) in [7, 11) is 0. The van der Waals surface area contributed by atoms with Crippen molar-refractivity contribution in [1.29, 1.82) is 0 Å². The van der Waals surface area contributed by atoms with Crippen LogP contribution in [0.25, 0.3) is 17.2 Å². The van der Waals surface area contributed by atoms with Crippen LogP contribution in [0.1, 0.15) is 30.0 Å². The first-order valence-electron chi connectivity index (χ1n) is 9.48. The predicted molar refractivity (Wildman–Crippen MR) is 122 cm³/mol. The highest BCUT2D eigenvalue weighted by molar-refractivity contribution is 6.42. The average Bonchev–Trinajstić information content (AvgIpc) is 2.96. The number of carbonyl (C=O) groups is 1. The third-order valence-electron chi connectivity index (χ3n) is 5.10. The summed E-state index contributed by atoms with van der Waals surface area (Å²) in [6.45, 7) is 1.90. The Balaban J connectivity index is 1.67. The van der Waals surface area contributed by atoms with Gasteiger partial charge in [-0.15, -0.1) is 0 Å². The molecule has 3 nitrogen and oxygen atoms in total. The zero-order valence-electron chi connectivity index (χ0n) is 16.5. The van der Waals surface area contributed by atoms with Crippen LogP contribution in [0.15, 0.2) is 66.2 Å². The van der Waals surface area contributed by atoms with Crippen molar-refractivity contribution in [2.75, 3.05) is 0 Å². The molecule has 0 aromatic heterocycles.